The molecule has 0 fully saturated rings. The lowest BCUT2D eigenvalue weighted by Crippen LogP contribution is -2.44. The first-order valence-electron chi connectivity index (χ1n) is 5.67. The number of aliphatic carboxylic acids is 1. The van der Waals surface area contributed by atoms with Gasteiger partial charge in [0.05, 0.1) is 13.2 Å². The third kappa shape index (κ3) is 3.54. The highest BCUT2D eigenvalue weighted by Gasteiger charge is 2.37. The van der Waals surface area contributed by atoms with Gasteiger partial charge in [0.1, 0.15) is 0 Å². The number of rotatable bonds is 7. The molecule has 0 aromatic heterocycles. The van der Waals surface area contributed by atoms with Crippen LogP contribution in [0, 0.1) is 0 Å². The summed E-state index contributed by atoms with van der Waals surface area (Å²) in [4.78, 5) is 11.4. The topological polar surface area (TPSA) is 66.8 Å². The average molecular weight is 238 g/mol. The summed E-state index contributed by atoms with van der Waals surface area (Å²) in [6.45, 7) is 1.63. The van der Waals surface area contributed by atoms with Crippen molar-refractivity contribution in [2.24, 2.45) is 0 Å². The van der Waals surface area contributed by atoms with E-state index >= 15 is 0 Å². The molecule has 0 saturated carbocycles. The predicted octanol–water partition coefficient (Wildman–Crippen LogP) is 1.47. The average Bonchev–Trinajstić information content (AvgIpc) is 2.35. The molecule has 1 aromatic rings. The maximum absolute atomic E-state index is 11.4. The maximum atomic E-state index is 11.4. The lowest BCUT2D eigenvalue weighted by molar-refractivity contribution is -0.167. The Morgan fingerprint density at radius 3 is 2.47 bits per heavy atom. The van der Waals surface area contributed by atoms with Crippen LogP contribution in [-0.2, 0) is 16.0 Å². The van der Waals surface area contributed by atoms with Crippen molar-refractivity contribution < 1.29 is 19.7 Å². The Morgan fingerprint density at radius 2 is 2.00 bits per heavy atom. The van der Waals surface area contributed by atoms with Crippen molar-refractivity contribution in [3.05, 3.63) is 35.9 Å². The summed E-state index contributed by atoms with van der Waals surface area (Å²) >= 11 is 0. The van der Waals surface area contributed by atoms with Crippen LogP contribution < -0.4 is 0 Å². The van der Waals surface area contributed by atoms with E-state index in [9.17, 15) is 9.90 Å². The van der Waals surface area contributed by atoms with Crippen molar-refractivity contribution in [1.82, 2.24) is 0 Å². The summed E-state index contributed by atoms with van der Waals surface area (Å²) in [6, 6.07) is 9.35. The number of carbonyl (C=O) groups is 1. The summed E-state index contributed by atoms with van der Waals surface area (Å²) < 4.78 is 5.34. The zero-order valence-electron chi connectivity index (χ0n) is 9.93. The van der Waals surface area contributed by atoms with Crippen LogP contribution in [0.4, 0.5) is 0 Å². The van der Waals surface area contributed by atoms with Crippen molar-refractivity contribution in [2.45, 2.75) is 25.4 Å². The summed E-state index contributed by atoms with van der Waals surface area (Å²) in [6.07, 6.45) is 0.664. The molecule has 2 N–H and O–H groups in total. The zero-order chi connectivity index (χ0) is 12.7. The van der Waals surface area contributed by atoms with Gasteiger partial charge in [0, 0.05) is 6.42 Å². The molecular weight excluding hydrogens is 220 g/mol. The van der Waals surface area contributed by atoms with Gasteiger partial charge in [-0.05, 0) is 12.0 Å². The number of hydrogen-bond acceptors (Lipinski definition) is 3. The second-order valence-corrected chi connectivity index (χ2v) is 3.89. The van der Waals surface area contributed by atoms with Crippen molar-refractivity contribution in [2.75, 3.05) is 13.2 Å². The van der Waals surface area contributed by atoms with Crippen LogP contribution in [0.25, 0.3) is 0 Å². The van der Waals surface area contributed by atoms with E-state index in [4.69, 9.17) is 9.84 Å². The fourth-order valence-electron chi connectivity index (χ4n) is 1.73. The van der Waals surface area contributed by atoms with Gasteiger partial charge < -0.3 is 14.9 Å². The van der Waals surface area contributed by atoms with Gasteiger partial charge in [-0.25, -0.2) is 4.79 Å². The van der Waals surface area contributed by atoms with Crippen molar-refractivity contribution in [3.63, 3.8) is 0 Å². The van der Waals surface area contributed by atoms with Gasteiger partial charge in [0.15, 0.2) is 5.60 Å². The number of carboxylic acid groups (broad SMARTS) is 1. The highest BCUT2D eigenvalue weighted by molar-refractivity contribution is 5.77. The predicted molar refractivity (Wildman–Crippen MR) is 63.8 cm³/mol. The minimum absolute atomic E-state index is 0.0347. The van der Waals surface area contributed by atoms with Crippen LogP contribution in [0.3, 0.4) is 0 Å². The van der Waals surface area contributed by atoms with Crippen molar-refractivity contribution in [3.8, 4) is 0 Å². The molecule has 0 heterocycles. The van der Waals surface area contributed by atoms with E-state index < -0.39 is 11.6 Å². The van der Waals surface area contributed by atoms with E-state index in [2.05, 4.69) is 0 Å². The number of hydrogen-bond donors (Lipinski definition) is 2. The Morgan fingerprint density at radius 1 is 1.35 bits per heavy atom. The smallest absolute Gasteiger partial charge is 0.336 e. The quantitative estimate of drug-likeness (QED) is 0.755. The number of ether oxygens (including phenoxy) is 1. The molecule has 0 amide bonds. The van der Waals surface area contributed by atoms with Crippen LogP contribution >= 0.6 is 0 Å². The summed E-state index contributed by atoms with van der Waals surface area (Å²) in [5.74, 6) is -0.989. The summed E-state index contributed by atoms with van der Waals surface area (Å²) in [5, 5.41) is 18.1. The van der Waals surface area contributed by atoms with Gasteiger partial charge in [-0.2, -0.15) is 0 Å². The van der Waals surface area contributed by atoms with E-state index in [1.165, 1.54) is 0 Å². The zero-order valence-corrected chi connectivity index (χ0v) is 9.93. The molecule has 0 bridgehead atoms. The Balaban J connectivity index is 2.86. The Hall–Kier alpha value is -1.39. The van der Waals surface area contributed by atoms with Gasteiger partial charge in [0.25, 0.3) is 0 Å². The number of benzene rings is 1. The minimum Gasteiger partial charge on any atom is -0.479 e. The summed E-state index contributed by atoms with van der Waals surface area (Å²) in [7, 11) is 0. The minimum atomic E-state index is -1.25. The van der Waals surface area contributed by atoms with Crippen LogP contribution in [-0.4, -0.2) is 35.0 Å². The number of aliphatic hydroxyl groups is 1. The first kappa shape index (κ1) is 13.7. The first-order chi connectivity index (χ1) is 8.14. The molecule has 1 atom stereocenters. The monoisotopic (exact) mass is 238 g/mol. The molecule has 1 rings (SSSR count). The Kier molecular flexibility index (Phi) is 5.12. The molecule has 4 nitrogen and oxygen atoms in total. The van der Waals surface area contributed by atoms with E-state index in [-0.39, 0.29) is 13.2 Å². The lowest BCUT2D eigenvalue weighted by Gasteiger charge is -2.28. The third-order valence-corrected chi connectivity index (χ3v) is 2.76. The standard InChI is InChI=1S/C13H18O4/c1-2-13(12(15)16,17-9-8-14)10-11-6-4-3-5-7-11/h3-7,14H,2,8-10H2,1H3,(H,15,16). The van der Waals surface area contributed by atoms with E-state index in [1.54, 1.807) is 6.92 Å². The second kappa shape index (κ2) is 6.37. The molecule has 1 unspecified atom stereocenters. The van der Waals surface area contributed by atoms with Gasteiger partial charge in [-0.3, -0.25) is 0 Å². The lowest BCUT2D eigenvalue weighted by atomic mass is 9.91. The number of carboxylic acids is 1. The van der Waals surface area contributed by atoms with E-state index in [0.29, 0.717) is 12.8 Å². The van der Waals surface area contributed by atoms with E-state index in [1.807, 2.05) is 30.3 Å². The SMILES string of the molecule is CCC(Cc1ccccc1)(OCCO)C(=O)O. The fourth-order valence-corrected chi connectivity index (χ4v) is 1.73. The van der Waals surface area contributed by atoms with Crippen LogP contribution in [0.5, 0.6) is 0 Å². The Labute approximate surface area is 101 Å². The van der Waals surface area contributed by atoms with Crippen LogP contribution in [0.1, 0.15) is 18.9 Å². The molecule has 0 aliphatic heterocycles. The molecule has 17 heavy (non-hydrogen) atoms. The van der Waals surface area contributed by atoms with Gasteiger partial charge in [0.2, 0.25) is 0 Å². The molecule has 0 saturated heterocycles. The number of aliphatic hydroxyl groups excluding tert-OH is 1. The molecule has 1 aromatic carbocycles. The van der Waals surface area contributed by atoms with Crippen LogP contribution in [0.15, 0.2) is 30.3 Å². The first-order valence-corrected chi connectivity index (χ1v) is 5.67. The second-order valence-electron chi connectivity index (χ2n) is 3.89. The molecule has 0 spiro atoms. The van der Waals surface area contributed by atoms with Crippen molar-refractivity contribution in [1.29, 1.82) is 0 Å². The van der Waals surface area contributed by atoms with Gasteiger partial charge >= 0.3 is 5.97 Å². The molecule has 0 aliphatic rings. The Bertz CT molecular complexity index is 350. The third-order valence-electron chi connectivity index (χ3n) is 2.76. The van der Waals surface area contributed by atoms with Gasteiger partial charge in [-0.15, -0.1) is 0 Å². The molecule has 94 valence electrons. The van der Waals surface area contributed by atoms with E-state index in [0.717, 1.165) is 5.56 Å². The fraction of sp³-hybridized carbons (Fsp3) is 0.462. The normalized spacial score (nSPS) is 14.2. The molecule has 4 heteroatoms. The summed E-state index contributed by atoms with van der Waals surface area (Å²) in [5.41, 5.74) is -0.334. The maximum Gasteiger partial charge on any atom is 0.336 e. The largest absolute Gasteiger partial charge is 0.479 e. The highest BCUT2D eigenvalue weighted by Crippen LogP contribution is 2.22. The molecule has 0 aliphatic carbocycles. The highest BCUT2D eigenvalue weighted by atomic mass is 16.5. The van der Waals surface area contributed by atoms with Crippen molar-refractivity contribution >= 4 is 5.97 Å². The van der Waals surface area contributed by atoms with Gasteiger partial charge in [-0.1, -0.05) is 37.3 Å². The molecular formula is C13H18O4. The molecule has 0 radical (unpaired) electrons. The van der Waals surface area contributed by atoms with Crippen LogP contribution in [0.2, 0.25) is 0 Å².